The van der Waals surface area contributed by atoms with Crippen LogP contribution in [0.4, 0.5) is 0 Å². The van der Waals surface area contributed by atoms with Crippen LogP contribution in [0.2, 0.25) is 0 Å². The summed E-state index contributed by atoms with van der Waals surface area (Å²) in [6, 6.07) is 84.3. The van der Waals surface area contributed by atoms with E-state index in [0.29, 0.717) is 42.9 Å². The fourth-order valence-corrected chi connectivity index (χ4v) is 39.4. The molecule has 9 aromatic rings. The fourth-order valence-electron chi connectivity index (χ4n) is 27.3. The summed E-state index contributed by atoms with van der Waals surface area (Å²) >= 11 is 0.0287. The summed E-state index contributed by atoms with van der Waals surface area (Å²) in [6.07, 6.45) is 12.7. The van der Waals surface area contributed by atoms with Crippen molar-refractivity contribution in [2.75, 3.05) is 59.5 Å². The van der Waals surface area contributed by atoms with Crippen molar-refractivity contribution in [3.63, 3.8) is 0 Å². The zero-order valence-electron chi connectivity index (χ0n) is 89.7. The van der Waals surface area contributed by atoms with E-state index in [1.807, 2.05) is 196 Å². The molecular formula is C124H155IO21SSi3-2. The van der Waals surface area contributed by atoms with Crippen molar-refractivity contribution < 1.29 is 118 Å². The van der Waals surface area contributed by atoms with Crippen molar-refractivity contribution in [1.29, 1.82) is 0 Å². The predicted molar refractivity (Wildman–Crippen MR) is 584 cm³/mol. The van der Waals surface area contributed by atoms with E-state index in [-0.39, 0.29) is 148 Å². The normalized spacial score (nSPS) is 24.7. The summed E-state index contributed by atoms with van der Waals surface area (Å²) in [7, 11) is -16.1. The van der Waals surface area contributed by atoms with Gasteiger partial charge in [0, 0.05) is 19.8 Å². The number of carbonyl (C=O) groups is 6. The van der Waals surface area contributed by atoms with E-state index < -0.39 is 145 Å². The minimum absolute atomic E-state index is 0.0265. The second-order valence-electron chi connectivity index (χ2n) is 45.9. The number of carbonyl (C=O) groups excluding carboxylic acids is 6. The Balaban J connectivity index is 0.00000119. The van der Waals surface area contributed by atoms with Gasteiger partial charge in [0.2, 0.25) is 0 Å². The second kappa shape index (κ2) is 49.8. The third kappa shape index (κ3) is 26.1. The van der Waals surface area contributed by atoms with Crippen molar-refractivity contribution in [2.24, 2.45) is 97.6 Å². The van der Waals surface area contributed by atoms with Gasteiger partial charge in [-0.05, 0) is 297 Å². The van der Waals surface area contributed by atoms with Crippen LogP contribution in [0.3, 0.4) is 0 Å². The third-order valence-electron chi connectivity index (χ3n) is 33.5. The molecule has 9 aromatic carbocycles. The minimum atomic E-state index is -5.03. The van der Waals surface area contributed by atoms with Gasteiger partial charge in [-0.15, -0.1) is 13.2 Å². The molecule has 8 bridgehead atoms. The second-order valence-corrected chi connectivity index (χ2v) is 59.2. The molecule has 9 aliphatic rings. The molecule has 6 unspecified atom stereocenters. The van der Waals surface area contributed by atoms with Crippen LogP contribution in [-0.2, 0) is 89.1 Å². The monoisotopic (exact) mass is 2220 g/mol. The molecule has 1 aliphatic heterocycles. The third-order valence-corrected chi connectivity index (χ3v) is 47.3. The first-order valence-electron chi connectivity index (χ1n) is 54.2. The van der Waals surface area contributed by atoms with Crippen LogP contribution in [0.1, 0.15) is 212 Å². The summed E-state index contributed by atoms with van der Waals surface area (Å²) < 4.78 is 126. The Morgan fingerprint density at radius 3 is 1.17 bits per heavy atom. The van der Waals surface area contributed by atoms with Gasteiger partial charge >= 0.3 is 151 Å². The first kappa shape index (κ1) is 114. The molecule has 9 fully saturated rings. The molecule has 0 N–H and O–H groups in total. The van der Waals surface area contributed by atoms with Crippen molar-refractivity contribution in [3.05, 3.63) is 299 Å². The first-order chi connectivity index (χ1) is 71.8. The molecule has 18 rings (SSSR count). The number of rotatable bonds is 46. The molecular weight excluding hydrogens is 2070 g/mol. The average molecular weight is 2220 g/mol. The molecule has 21 nitrogen and oxygen atoms in total. The van der Waals surface area contributed by atoms with Gasteiger partial charge < -0.3 is 59.5 Å². The number of hydrogen-bond donors (Lipinski definition) is 0. The van der Waals surface area contributed by atoms with Gasteiger partial charge in [-0.1, -0.05) is 229 Å². The van der Waals surface area contributed by atoms with E-state index in [1.54, 1.807) is 53.7 Å². The number of hydrogen-bond acceptors (Lipinski definition) is 21. The Bertz CT molecular complexity index is 5880. The van der Waals surface area contributed by atoms with Crippen LogP contribution in [0.5, 0.6) is 5.75 Å². The van der Waals surface area contributed by atoms with Gasteiger partial charge in [0.05, 0.1) is 57.2 Å². The SMILES string of the molecule is C=CCCO[Si](OCCOC(=O)C(C)(CC(C)(C)C(=O)OC1(C(C)C)C2CC3CC(C2)CC1C3)CC(C)(CC(C)(CC(C)(CC1CCO[Si](c2ccccc2)(c2ccccc2)OCCOC(=O)C(C)(CC)C1)C(=O)OCCO[Si](OCCC=C)(c1ccccc1)c1ccccc1)C(=O)OC1(C(C)C)C2CC3CC(C2)CC1C3)C(=O)Oc1ccc(S(=O)(=O)[O-])cc1)(c1ccccc1)c1ccccc1.c1ccc([I-]c2ccccc2)cc1. The molecule has 804 valence electrons. The first-order valence-corrected chi connectivity index (χ1v) is 63.2. The van der Waals surface area contributed by atoms with E-state index in [0.717, 1.165) is 107 Å². The number of ether oxygens (including phenoxy) is 6. The Morgan fingerprint density at radius 2 is 0.787 bits per heavy atom. The molecule has 0 amide bonds. The summed E-state index contributed by atoms with van der Waals surface area (Å²) in [5, 5.41) is 4.84. The van der Waals surface area contributed by atoms with Crippen molar-refractivity contribution in [3.8, 4) is 5.75 Å². The van der Waals surface area contributed by atoms with E-state index in [1.165, 1.54) is 19.3 Å². The molecule has 0 aromatic heterocycles. The average Bonchev–Trinajstić information content (AvgIpc) is 0.714. The van der Waals surface area contributed by atoms with Crippen LogP contribution in [-0.4, -0.2) is 145 Å². The van der Waals surface area contributed by atoms with Crippen LogP contribution < -0.4 is 57.1 Å². The fraction of sp³-hybridized carbons (Fsp3) is 0.484. The molecule has 1 heterocycles. The van der Waals surface area contributed by atoms with E-state index >= 15 is 28.8 Å². The maximum absolute atomic E-state index is 17.9. The van der Waals surface area contributed by atoms with E-state index in [2.05, 4.69) is 102 Å². The van der Waals surface area contributed by atoms with Crippen molar-refractivity contribution in [1.82, 2.24) is 0 Å². The molecule has 8 saturated carbocycles. The zero-order valence-corrected chi connectivity index (χ0v) is 95.7. The van der Waals surface area contributed by atoms with Gasteiger partial charge in [0.25, 0.3) is 0 Å². The maximum atomic E-state index is 17.9. The zero-order chi connectivity index (χ0) is 107. The molecule has 6 atom stereocenters. The van der Waals surface area contributed by atoms with Gasteiger partial charge in [-0.3, -0.25) is 28.8 Å². The van der Waals surface area contributed by atoms with Crippen molar-refractivity contribution in [2.45, 2.75) is 228 Å². The van der Waals surface area contributed by atoms with Crippen LogP contribution >= 0.6 is 0 Å². The van der Waals surface area contributed by atoms with Gasteiger partial charge in [0.15, 0.2) is 0 Å². The molecule has 8 aliphatic carbocycles. The van der Waals surface area contributed by atoms with Crippen molar-refractivity contribution >= 4 is 103 Å². The molecule has 26 heteroatoms. The van der Waals surface area contributed by atoms with E-state index in [9.17, 15) is 13.0 Å². The molecule has 0 radical (unpaired) electrons. The summed E-state index contributed by atoms with van der Waals surface area (Å²) in [5.41, 5.74) is -12.5. The van der Waals surface area contributed by atoms with Crippen LogP contribution in [0.15, 0.2) is 297 Å². The van der Waals surface area contributed by atoms with Gasteiger partial charge in [-0.2, -0.15) is 0 Å². The summed E-state index contributed by atoms with van der Waals surface area (Å²) in [4.78, 5) is 100. The Morgan fingerprint density at radius 1 is 0.440 bits per heavy atom. The Labute approximate surface area is 903 Å². The quantitative estimate of drug-likeness (QED) is 0.00501. The van der Waals surface area contributed by atoms with Gasteiger partial charge in [-0.25, -0.2) is 8.42 Å². The number of benzene rings is 9. The molecule has 150 heavy (non-hydrogen) atoms. The van der Waals surface area contributed by atoms with Crippen LogP contribution in [0.25, 0.3) is 0 Å². The molecule has 0 spiro atoms. The number of cyclic esters (lactones) is 1. The Hall–Kier alpha value is -9.67. The number of esters is 6. The van der Waals surface area contributed by atoms with E-state index in [4.69, 9.17) is 55.0 Å². The Kier molecular flexibility index (Phi) is 38.0. The van der Waals surface area contributed by atoms with Crippen LogP contribution in [0, 0.1) is 105 Å². The molecule has 1 saturated heterocycles. The topological polar surface area (TPSA) is 270 Å². The van der Waals surface area contributed by atoms with Gasteiger partial charge in [0.1, 0.15) is 46.9 Å². The standard InChI is InChI=1S/C112H146O21SSi3.C12H10I/c1-15-18-55-125-135(93-38-26-20-27-39-93,94-40-28-21-29-41-94)128-62-59-123-101(115)107(11,75-82-54-57-127-137(97-46-34-24-35-47-97,98-48-36-25-37-49-98)130-61-58-122-100(114)106(10,17-3)74-82)77-110(14,104(118)133-112(81(6)7)89-70-85-65-86(72-89)73-90(112)71-85)79-109(13,103(117)131-91-50-52-92(53-51-91)134(119,120)121)78-108(12,76-105(8,9)99(113)132-111(80(4)5)87-66-83-64-84(68-87)69-88(111)67-83)102(116)124-60-63-129-136(126-56-19-16-2,95-42-30-22-31-43-95)96-44-32-23-33-45-96;1-3-7-11(8-4-1)13-12-9-5-2-6-10-12/h15-16,20-53,80-90H,1-2,17-19,54-79H2,3-14H3,(H,119,120,121);1-10H/q;-1/p-1. The summed E-state index contributed by atoms with van der Waals surface area (Å²) in [5.74, 6) is -3.39. The number of halogens is 1. The predicted octanol–water partition coefficient (Wildman–Crippen LogP) is 17.6. The summed E-state index contributed by atoms with van der Waals surface area (Å²) in [6.45, 7) is 30.2.